The number of ether oxygens (including phenoxy) is 1. The number of carbonyl (C=O) groups is 3. The van der Waals surface area contributed by atoms with Crippen molar-refractivity contribution in [1.29, 1.82) is 0 Å². The van der Waals surface area contributed by atoms with E-state index in [-0.39, 0.29) is 32.1 Å². The summed E-state index contributed by atoms with van der Waals surface area (Å²) in [4.78, 5) is 43.5. The monoisotopic (exact) mass is 470 g/mol. The number of thiol groups is 1. The molecule has 0 aliphatic carbocycles. The molecular formula is C24H30N4O4S. The summed E-state index contributed by atoms with van der Waals surface area (Å²) in [6.45, 7) is 3.62. The highest BCUT2D eigenvalue weighted by atomic mass is 32.1. The number of nitrogens with zero attached hydrogens (tertiary/aromatic N) is 3. The SMILES string of the molecule is CCCN(Cc1ccccc1)C(=O)C1CN(C(=O)NS)CCN1C(=O)OCc1ccccc1. The molecule has 1 saturated heterocycles. The maximum Gasteiger partial charge on any atom is 0.410 e. The van der Waals surface area contributed by atoms with Gasteiger partial charge in [0, 0.05) is 26.2 Å². The van der Waals surface area contributed by atoms with Gasteiger partial charge in [0.15, 0.2) is 0 Å². The predicted molar refractivity (Wildman–Crippen MR) is 128 cm³/mol. The molecule has 0 saturated carbocycles. The first-order chi connectivity index (χ1) is 16.0. The van der Waals surface area contributed by atoms with E-state index >= 15 is 0 Å². The fourth-order valence-corrected chi connectivity index (χ4v) is 3.96. The highest BCUT2D eigenvalue weighted by Gasteiger charge is 2.39. The third-order valence-electron chi connectivity index (χ3n) is 5.51. The van der Waals surface area contributed by atoms with Crippen molar-refractivity contribution in [3.63, 3.8) is 0 Å². The molecule has 3 rings (SSSR count). The van der Waals surface area contributed by atoms with E-state index in [1.54, 1.807) is 4.90 Å². The molecule has 1 N–H and O–H groups in total. The minimum Gasteiger partial charge on any atom is -0.445 e. The first-order valence-electron chi connectivity index (χ1n) is 11.0. The maximum absolute atomic E-state index is 13.6. The number of carbonyl (C=O) groups excluding carboxylic acids is 3. The third-order valence-corrected chi connectivity index (χ3v) is 5.70. The molecule has 1 fully saturated rings. The average Bonchev–Trinajstić information content (AvgIpc) is 2.87. The van der Waals surface area contributed by atoms with Crippen LogP contribution in [0, 0.1) is 0 Å². The summed E-state index contributed by atoms with van der Waals surface area (Å²) in [6, 6.07) is 17.8. The van der Waals surface area contributed by atoms with Gasteiger partial charge in [-0.1, -0.05) is 80.4 Å². The van der Waals surface area contributed by atoms with Crippen molar-refractivity contribution >= 4 is 30.8 Å². The third kappa shape index (κ3) is 6.64. The molecule has 33 heavy (non-hydrogen) atoms. The van der Waals surface area contributed by atoms with Crippen LogP contribution in [0.5, 0.6) is 0 Å². The Kier molecular flexibility index (Phi) is 9.00. The molecule has 0 radical (unpaired) electrons. The Bertz CT molecular complexity index is 929. The standard InChI is InChI=1S/C24H30N4O4S/c1-2-13-26(16-19-9-5-3-6-10-19)22(29)21-17-27(23(30)25-33)14-15-28(21)24(31)32-18-20-11-7-4-8-12-20/h3-12,21,33H,2,13-18H2,1H3,(H,25,30). The highest BCUT2D eigenvalue weighted by molar-refractivity contribution is 7.78. The van der Waals surface area contributed by atoms with E-state index in [1.807, 2.05) is 67.6 Å². The van der Waals surface area contributed by atoms with Crippen LogP contribution in [-0.2, 0) is 22.7 Å². The molecule has 1 aliphatic rings. The van der Waals surface area contributed by atoms with Crippen molar-refractivity contribution in [3.05, 3.63) is 71.8 Å². The molecule has 1 heterocycles. The van der Waals surface area contributed by atoms with Gasteiger partial charge >= 0.3 is 12.1 Å². The molecule has 0 bridgehead atoms. The van der Waals surface area contributed by atoms with Crippen LogP contribution in [0.2, 0.25) is 0 Å². The number of amides is 4. The van der Waals surface area contributed by atoms with Crippen molar-refractivity contribution < 1.29 is 19.1 Å². The van der Waals surface area contributed by atoms with Gasteiger partial charge in [-0.15, -0.1) is 0 Å². The van der Waals surface area contributed by atoms with Crippen molar-refractivity contribution in [2.45, 2.75) is 32.5 Å². The van der Waals surface area contributed by atoms with E-state index in [2.05, 4.69) is 17.5 Å². The van der Waals surface area contributed by atoms with Crippen molar-refractivity contribution in [3.8, 4) is 0 Å². The predicted octanol–water partition coefficient (Wildman–Crippen LogP) is 3.30. The lowest BCUT2D eigenvalue weighted by molar-refractivity contribution is -0.139. The van der Waals surface area contributed by atoms with E-state index in [0.717, 1.165) is 17.5 Å². The molecule has 0 spiro atoms. The number of nitrogens with one attached hydrogen (secondary N) is 1. The summed E-state index contributed by atoms with van der Waals surface area (Å²) >= 11 is 3.84. The largest absolute Gasteiger partial charge is 0.445 e. The molecule has 0 aromatic heterocycles. The molecule has 1 unspecified atom stereocenters. The second kappa shape index (κ2) is 12.2. The Morgan fingerprint density at radius 3 is 2.27 bits per heavy atom. The summed E-state index contributed by atoms with van der Waals surface area (Å²) < 4.78 is 7.81. The molecule has 2 aromatic carbocycles. The highest BCUT2D eigenvalue weighted by Crippen LogP contribution is 2.17. The van der Waals surface area contributed by atoms with Crippen molar-refractivity contribution in [2.75, 3.05) is 26.2 Å². The van der Waals surface area contributed by atoms with E-state index < -0.39 is 18.2 Å². The van der Waals surface area contributed by atoms with Crippen LogP contribution in [0.25, 0.3) is 0 Å². The lowest BCUT2D eigenvalue weighted by Gasteiger charge is -2.41. The van der Waals surface area contributed by atoms with Gasteiger partial charge in [-0.25, -0.2) is 9.59 Å². The van der Waals surface area contributed by atoms with Crippen LogP contribution in [-0.4, -0.2) is 65.0 Å². The van der Waals surface area contributed by atoms with Gasteiger partial charge in [0.1, 0.15) is 12.6 Å². The van der Waals surface area contributed by atoms with Crippen molar-refractivity contribution in [2.24, 2.45) is 0 Å². The number of piperazine rings is 1. The minimum absolute atomic E-state index is 0.0701. The van der Waals surface area contributed by atoms with Crippen LogP contribution in [0.1, 0.15) is 24.5 Å². The summed E-state index contributed by atoms with van der Waals surface area (Å²) in [5.74, 6) is -0.214. The Balaban J connectivity index is 1.78. The molecule has 1 atom stereocenters. The van der Waals surface area contributed by atoms with Crippen LogP contribution in [0.15, 0.2) is 60.7 Å². The van der Waals surface area contributed by atoms with E-state index in [0.29, 0.717) is 13.1 Å². The Morgan fingerprint density at radius 2 is 1.67 bits per heavy atom. The smallest absolute Gasteiger partial charge is 0.410 e. The van der Waals surface area contributed by atoms with Crippen LogP contribution in [0.3, 0.4) is 0 Å². The fraction of sp³-hybridized carbons (Fsp3) is 0.375. The first-order valence-corrected chi connectivity index (χ1v) is 11.5. The van der Waals surface area contributed by atoms with Gasteiger partial charge in [-0.05, 0) is 17.5 Å². The van der Waals surface area contributed by atoms with Crippen LogP contribution in [0.4, 0.5) is 9.59 Å². The minimum atomic E-state index is -0.845. The van der Waals surface area contributed by atoms with E-state index in [4.69, 9.17) is 4.74 Å². The molecular weight excluding hydrogens is 440 g/mol. The summed E-state index contributed by atoms with van der Waals surface area (Å²) in [5.41, 5.74) is 1.86. The number of urea groups is 1. The number of hydrogen-bond acceptors (Lipinski definition) is 5. The molecule has 2 aromatic rings. The Hall–Kier alpha value is -3.20. The zero-order valence-electron chi connectivity index (χ0n) is 18.7. The van der Waals surface area contributed by atoms with E-state index in [9.17, 15) is 14.4 Å². The molecule has 9 heteroatoms. The van der Waals surface area contributed by atoms with Crippen molar-refractivity contribution in [1.82, 2.24) is 19.4 Å². The lowest BCUT2D eigenvalue weighted by Crippen LogP contribution is -2.62. The summed E-state index contributed by atoms with van der Waals surface area (Å²) in [6.07, 6.45) is 0.198. The quantitative estimate of drug-likeness (QED) is 0.609. The fourth-order valence-electron chi connectivity index (χ4n) is 3.82. The second-order valence-corrected chi connectivity index (χ2v) is 8.08. The molecule has 4 amide bonds. The first kappa shape index (κ1) is 24.4. The second-order valence-electron chi connectivity index (χ2n) is 7.86. The summed E-state index contributed by atoms with van der Waals surface area (Å²) in [7, 11) is 0. The van der Waals surface area contributed by atoms with Gasteiger partial charge in [0.25, 0.3) is 0 Å². The number of benzene rings is 2. The Morgan fingerprint density at radius 1 is 1.03 bits per heavy atom. The van der Waals surface area contributed by atoms with Gasteiger partial charge in [-0.2, -0.15) is 0 Å². The van der Waals surface area contributed by atoms with Gasteiger partial charge in [0.2, 0.25) is 5.91 Å². The number of rotatable bonds is 7. The van der Waals surface area contributed by atoms with Gasteiger partial charge < -0.3 is 14.5 Å². The van der Waals surface area contributed by atoms with Crippen LogP contribution >= 0.6 is 12.8 Å². The average molecular weight is 471 g/mol. The maximum atomic E-state index is 13.6. The topological polar surface area (TPSA) is 82.2 Å². The zero-order chi connectivity index (χ0) is 23.6. The van der Waals surface area contributed by atoms with Gasteiger partial charge in [-0.3, -0.25) is 14.4 Å². The molecule has 1 aliphatic heterocycles. The Labute approximate surface area is 200 Å². The van der Waals surface area contributed by atoms with E-state index in [1.165, 1.54) is 9.80 Å². The van der Waals surface area contributed by atoms with Gasteiger partial charge in [0.05, 0.1) is 6.54 Å². The summed E-state index contributed by atoms with van der Waals surface area (Å²) in [5, 5.41) is 0. The number of hydrogen-bond donors (Lipinski definition) is 2. The molecule has 176 valence electrons. The lowest BCUT2D eigenvalue weighted by atomic mass is 10.1. The molecule has 8 nitrogen and oxygen atoms in total. The van der Waals surface area contributed by atoms with Crippen LogP contribution < -0.4 is 4.72 Å². The normalized spacial score (nSPS) is 15.6. The zero-order valence-corrected chi connectivity index (χ0v) is 19.6.